The minimum atomic E-state index is -0.458. The summed E-state index contributed by atoms with van der Waals surface area (Å²) in [6.07, 6.45) is 3.26. The van der Waals surface area contributed by atoms with Crippen molar-refractivity contribution in [2.45, 2.75) is 26.2 Å². The number of esters is 2. The second-order valence-corrected chi connectivity index (χ2v) is 4.74. The van der Waals surface area contributed by atoms with Gasteiger partial charge in [0.05, 0.1) is 11.3 Å². The van der Waals surface area contributed by atoms with Crippen molar-refractivity contribution >= 4 is 11.9 Å². The van der Waals surface area contributed by atoms with Gasteiger partial charge in [-0.25, -0.2) is 0 Å². The topological polar surface area (TPSA) is 43.4 Å². The van der Waals surface area contributed by atoms with Crippen molar-refractivity contribution in [2.24, 2.45) is 23.2 Å². The molecule has 70 valence electrons. The van der Waals surface area contributed by atoms with E-state index in [0.29, 0.717) is 11.8 Å². The molecule has 2 saturated carbocycles. The number of carbonyl (C=O) groups is 2. The number of rotatable bonds is 0. The summed E-state index contributed by atoms with van der Waals surface area (Å²) >= 11 is 0. The van der Waals surface area contributed by atoms with Crippen LogP contribution in [0.2, 0.25) is 0 Å². The lowest BCUT2D eigenvalue weighted by molar-refractivity contribution is -0.156. The van der Waals surface area contributed by atoms with E-state index in [1.54, 1.807) is 0 Å². The van der Waals surface area contributed by atoms with E-state index in [9.17, 15) is 9.59 Å². The fourth-order valence-corrected chi connectivity index (χ4v) is 3.60. The Morgan fingerprint density at radius 3 is 2.85 bits per heavy atom. The summed E-state index contributed by atoms with van der Waals surface area (Å²) in [6, 6.07) is 0. The van der Waals surface area contributed by atoms with Crippen LogP contribution in [-0.2, 0) is 14.3 Å². The number of hydrogen-bond donors (Lipinski definition) is 0. The van der Waals surface area contributed by atoms with E-state index in [0.717, 1.165) is 19.3 Å². The molecular weight excluding hydrogens is 168 g/mol. The Morgan fingerprint density at radius 1 is 1.38 bits per heavy atom. The van der Waals surface area contributed by atoms with Gasteiger partial charge in [-0.3, -0.25) is 9.59 Å². The molecule has 1 heterocycles. The third-order valence-corrected chi connectivity index (χ3v) is 4.33. The maximum atomic E-state index is 11.5. The molecule has 3 aliphatic rings. The average Bonchev–Trinajstić information content (AvgIpc) is 2.66. The Morgan fingerprint density at radius 2 is 2.15 bits per heavy atom. The highest BCUT2D eigenvalue weighted by Crippen LogP contribution is 2.62. The van der Waals surface area contributed by atoms with E-state index in [-0.39, 0.29) is 17.9 Å². The molecule has 3 rings (SSSR count). The number of carbonyl (C=O) groups excluding carboxylic acids is 2. The number of hydrogen-bond acceptors (Lipinski definition) is 3. The zero-order chi connectivity index (χ0) is 9.22. The Labute approximate surface area is 76.4 Å². The molecule has 3 fully saturated rings. The molecule has 0 amide bonds. The molecule has 0 unspecified atom stereocenters. The van der Waals surface area contributed by atoms with E-state index in [1.165, 1.54) is 0 Å². The van der Waals surface area contributed by atoms with Gasteiger partial charge < -0.3 is 4.74 Å². The van der Waals surface area contributed by atoms with Crippen molar-refractivity contribution in [3.05, 3.63) is 0 Å². The summed E-state index contributed by atoms with van der Waals surface area (Å²) < 4.78 is 4.73. The Hall–Kier alpha value is -0.860. The van der Waals surface area contributed by atoms with Crippen molar-refractivity contribution < 1.29 is 14.3 Å². The van der Waals surface area contributed by atoms with E-state index in [1.807, 2.05) is 6.92 Å². The molecule has 4 atom stereocenters. The lowest BCUT2D eigenvalue weighted by atomic mass is 9.69. The summed E-state index contributed by atoms with van der Waals surface area (Å²) in [6.45, 7) is 1.91. The van der Waals surface area contributed by atoms with Crippen LogP contribution < -0.4 is 0 Å². The minimum absolute atomic E-state index is 0.112. The average molecular weight is 180 g/mol. The highest BCUT2D eigenvalue weighted by Gasteiger charge is 2.67. The summed E-state index contributed by atoms with van der Waals surface area (Å²) in [5, 5.41) is 0. The molecule has 0 aromatic rings. The van der Waals surface area contributed by atoms with E-state index >= 15 is 0 Å². The monoisotopic (exact) mass is 180 g/mol. The van der Waals surface area contributed by atoms with Gasteiger partial charge in [0.25, 0.3) is 0 Å². The first-order valence-electron chi connectivity index (χ1n) is 4.90. The number of cyclic esters (lactones) is 2. The van der Waals surface area contributed by atoms with Crippen LogP contribution in [0, 0.1) is 23.2 Å². The van der Waals surface area contributed by atoms with Crippen molar-refractivity contribution in [3.8, 4) is 0 Å². The van der Waals surface area contributed by atoms with Crippen molar-refractivity contribution in [3.63, 3.8) is 0 Å². The highest BCUT2D eigenvalue weighted by molar-refractivity contribution is 6.00. The normalized spacial score (nSPS) is 52.5. The molecule has 0 aromatic carbocycles. The minimum Gasteiger partial charge on any atom is -0.392 e. The molecular formula is C10H12O3. The van der Waals surface area contributed by atoms with Crippen LogP contribution >= 0.6 is 0 Å². The van der Waals surface area contributed by atoms with Crippen molar-refractivity contribution in [2.75, 3.05) is 0 Å². The maximum Gasteiger partial charge on any atom is 0.320 e. The quantitative estimate of drug-likeness (QED) is 0.414. The van der Waals surface area contributed by atoms with Gasteiger partial charge in [-0.2, -0.15) is 0 Å². The van der Waals surface area contributed by atoms with Crippen LogP contribution in [0.25, 0.3) is 0 Å². The van der Waals surface area contributed by atoms with Gasteiger partial charge in [0.15, 0.2) is 0 Å². The third kappa shape index (κ3) is 0.640. The van der Waals surface area contributed by atoms with Crippen LogP contribution in [0.5, 0.6) is 0 Å². The van der Waals surface area contributed by atoms with Gasteiger partial charge >= 0.3 is 11.9 Å². The standard InChI is InChI=1S/C10H12O3/c1-10-6-3-2-5(4-6)7(10)8(11)13-9(10)12/h5-7H,2-4H2,1H3/t5-,6-,7-,10-/m0/s1. The number of ether oxygens (including phenoxy) is 1. The molecule has 1 saturated heterocycles. The highest BCUT2D eigenvalue weighted by atomic mass is 16.6. The van der Waals surface area contributed by atoms with Crippen molar-refractivity contribution in [1.29, 1.82) is 0 Å². The second-order valence-electron chi connectivity index (χ2n) is 4.74. The van der Waals surface area contributed by atoms with Gasteiger partial charge in [0, 0.05) is 0 Å². The first kappa shape index (κ1) is 7.54. The zero-order valence-corrected chi connectivity index (χ0v) is 7.58. The van der Waals surface area contributed by atoms with Crippen LogP contribution in [0.3, 0.4) is 0 Å². The van der Waals surface area contributed by atoms with E-state index in [2.05, 4.69) is 0 Å². The van der Waals surface area contributed by atoms with Gasteiger partial charge in [0.2, 0.25) is 0 Å². The lowest BCUT2D eigenvalue weighted by Gasteiger charge is -2.29. The third-order valence-electron chi connectivity index (χ3n) is 4.33. The molecule has 3 heteroatoms. The largest absolute Gasteiger partial charge is 0.392 e. The smallest absolute Gasteiger partial charge is 0.320 e. The SMILES string of the molecule is C[C@@]12C(=O)OC(=O)[C@@H]1[C@H]1CC[C@H]2C1. The van der Waals surface area contributed by atoms with Crippen LogP contribution in [0.4, 0.5) is 0 Å². The lowest BCUT2D eigenvalue weighted by Crippen LogP contribution is -2.36. The predicted octanol–water partition coefficient (Wildman–Crippen LogP) is 1.12. The first-order chi connectivity index (χ1) is 6.14. The van der Waals surface area contributed by atoms with Crippen LogP contribution in [-0.4, -0.2) is 11.9 Å². The zero-order valence-electron chi connectivity index (χ0n) is 7.58. The van der Waals surface area contributed by atoms with Gasteiger partial charge in [-0.15, -0.1) is 0 Å². The van der Waals surface area contributed by atoms with Crippen molar-refractivity contribution in [1.82, 2.24) is 0 Å². The molecule has 0 radical (unpaired) electrons. The molecule has 1 aliphatic heterocycles. The molecule has 2 aliphatic carbocycles. The summed E-state index contributed by atoms with van der Waals surface area (Å²) in [5.74, 6) is 0.184. The summed E-state index contributed by atoms with van der Waals surface area (Å²) in [7, 11) is 0. The van der Waals surface area contributed by atoms with E-state index < -0.39 is 5.41 Å². The first-order valence-corrected chi connectivity index (χ1v) is 4.90. The predicted molar refractivity (Wildman–Crippen MR) is 43.5 cm³/mol. The fourth-order valence-electron chi connectivity index (χ4n) is 3.60. The molecule has 0 N–H and O–H groups in total. The summed E-state index contributed by atoms with van der Waals surface area (Å²) in [5.41, 5.74) is -0.458. The molecule has 2 bridgehead atoms. The Bertz CT molecular complexity index is 309. The molecule has 13 heavy (non-hydrogen) atoms. The van der Waals surface area contributed by atoms with Gasteiger partial charge in [0.1, 0.15) is 0 Å². The Kier molecular flexibility index (Phi) is 1.14. The number of fused-ring (bicyclic) bond motifs is 5. The molecule has 0 spiro atoms. The maximum absolute atomic E-state index is 11.5. The fraction of sp³-hybridized carbons (Fsp3) is 0.800. The van der Waals surface area contributed by atoms with Crippen LogP contribution in [0.15, 0.2) is 0 Å². The summed E-state index contributed by atoms with van der Waals surface area (Å²) in [4.78, 5) is 23.0. The second kappa shape index (κ2) is 1.97. The Balaban J connectivity index is 2.12. The molecule has 3 nitrogen and oxygen atoms in total. The van der Waals surface area contributed by atoms with Gasteiger partial charge in [-0.1, -0.05) is 0 Å². The molecule has 0 aromatic heterocycles. The van der Waals surface area contributed by atoms with Gasteiger partial charge in [-0.05, 0) is 38.0 Å². The van der Waals surface area contributed by atoms with E-state index in [4.69, 9.17) is 4.74 Å². The van der Waals surface area contributed by atoms with Crippen LogP contribution in [0.1, 0.15) is 26.2 Å².